The van der Waals surface area contributed by atoms with Crippen LogP contribution in [0.25, 0.3) is 0 Å². The van der Waals surface area contributed by atoms with Crippen LogP contribution in [-0.2, 0) is 0 Å². The summed E-state index contributed by atoms with van der Waals surface area (Å²) in [5, 5.41) is 9.70. The number of aliphatic hydroxyl groups excluding tert-OH is 1. The van der Waals surface area contributed by atoms with Gasteiger partial charge in [-0.05, 0) is 36.5 Å². The van der Waals surface area contributed by atoms with Crippen LogP contribution in [0.1, 0.15) is 24.4 Å². The first-order chi connectivity index (χ1) is 7.50. The summed E-state index contributed by atoms with van der Waals surface area (Å²) in [7, 11) is 0. The number of halogens is 3. The minimum Gasteiger partial charge on any atom is -0.391 e. The van der Waals surface area contributed by atoms with Crippen LogP contribution < -0.4 is 5.73 Å². The normalized spacial score (nSPS) is 19.6. The number of benzene rings is 1. The Morgan fingerprint density at radius 3 is 2.12 bits per heavy atom. The molecule has 1 aromatic rings. The topological polar surface area (TPSA) is 46.2 Å². The highest BCUT2D eigenvalue weighted by molar-refractivity contribution is 5.23. The molecular weight excluding hydrogens is 219 g/mol. The van der Waals surface area contributed by atoms with Crippen LogP contribution in [0, 0.1) is 23.4 Å². The van der Waals surface area contributed by atoms with Crippen molar-refractivity contribution in [3.63, 3.8) is 0 Å². The second-order valence-corrected chi connectivity index (χ2v) is 4.15. The second-order valence-electron chi connectivity index (χ2n) is 4.15. The number of aliphatic hydroxyl groups is 1. The van der Waals surface area contributed by atoms with Crippen molar-refractivity contribution in [2.45, 2.75) is 25.0 Å². The number of rotatable bonds is 3. The van der Waals surface area contributed by atoms with E-state index in [-0.39, 0.29) is 11.5 Å². The van der Waals surface area contributed by atoms with Gasteiger partial charge >= 0.3 is 0 Å². The molecule has 1 saturated carbocycles. The lowest BCUT2D eigenvalue weighted by Gasteiger charge is -2.19. The Labute approximate surface area is 90.9 Å². The van der Waals surface area contributed by atoms with E-state index in [2.05, 4.69) is 0 Å². The summed E-state index contributed by atoms with van der Waals surface area (Å²) in [5.74, 6) is -4.00. The Bertz CT molecular complexity index is 383. The summed E-state index contributed by atoms with van der Waals surface area (Å²) in [4.78, 5) is 0. The summed E-state index contributed by atoms with van der Waals surface area (Å²) in [6.45, 7) is 0. The van der Waals surface area contributed by atoms with Crippen LogP contribution in [0.15, 0.2) is 12.1 Å². The quantitative estimate of drug-likeness (QED) is 0.780. The molecule has 2 nitrogen and oxygen atoms in total. The molecule has 5 heteroatoms. The zero-order chi connectivity index (χ0) is 11.9. The van der Waals surface area contributed by atoms with Gasteiger partial charge in [0.2, 0.25) is 0 Å². The molecule has 1 fully saturated rings. The zero-order valence-corrected chi connectivity index (χ0v) is 8.46. The van der Waals surface area contributed by atoms with Crippen molar-refractivity contribution < 1.29 is 18.3 Å². The lowest BCUT2D eigenvalue weighted by molar-refractivity contribution is 0.122. The lowest BCUT2D eigenvalue weighted by atomic mass is 9.99. The fourth-order valence-corrected chi connectivity index (χ4v) is 1.70. The molecule has 0 unspecified atom stereocenters. The molecule has 2 rings (SSSR count). The predicted molar refractivity (Wildman–Crippen MR) is 52.0 cm³/mol. The monoisotopic (exact) mass is 231 g/mol. The van der Waals surface area contributed by atoms with Crippen molar-refractivity contribution in [3.05, 3.63) is 35.1 Å². The van der Waals surface area contributed by atoms with Crippen LogP contribution in [0.5, 0.6) is 0 Å². The van der Waals surface area contributed by atoms with Crippen molar-refractivity contribution in [2.75, 3.05) is 0 Å². The Balaban J connectivity index is 2.25. The van der Waals surface area contributed by atoms with Gasteiger partial charge in [-0.3, -0.25) is 0 Å². The van der Waals surface area contributed by atoms with Crippen molar-refractivity contribution in [2.24, 2.45) is 11.7 Å². The first-order valence-electron chi connectivity index (χ1n) is 5.09. The van der Waals surface area contributed by atoms with Crippen LogP contribution in [-0.4, -0.2) is 11.2 Å². The van der Waals surface area contributed by atoms with E-state index in [0.29, 0.717) is 0 Å². The first kappa shape index (κ1) is 11.4. The lowest BCUT2D eigenvalue weighted by Crippen LogP contribution is -2.28. The number of hydrogen-bond acceptors (Lipinski definition) is 2. The summed E-state index contributed by atoms with van der Waals surface area (Å²) < 4.78 is 38.5. The smallest absolute Gasteiger partial charge is 0.194 e. The van der Waals surface area contributed by atoms with Gasteiger partial charge in [-0.2, -0.15) is 0 Å². The largest absolute Gasteiger partial charge is 0.391 e. The van der Waals surface area contributed by atoms with Crippen LogP contribution in [0.4, 0.5) is 13.2 Å². The number of hydrogen-bond donors (Lipinski definition) is 2. The highest BCUT2D eigenvalue weighted by atomic mass is 19.2. The summed E-state index contributed by atoms with van der Waals surface area (Å²) in [5.41, 5.74) is 5.74. The number of nitrogens with two attached hydrogens (primary N) is 1. The molecule has 1 aliphatic rings. The highest BCUT2D eigenvalue weighted by Crippen LogP contribution is 2.37. The molecule has 0 amide bonds. The zero-order valence-electron chi connectivity index (χ0n) is 8.46. The van der Waals surface area contributed by atoms with Gasteiger partial charge in [0.1, 0.15) is 0 Å². The average Bonchev–Trinajstić information content (AvgIpc) is 3.06. The van der Waals surface area contributed by atoms with Crippen molar-refractivity contribution >= 4 is 0 Å². The van der Waals surface area contributed by atoms with E-state index in [1.54, 1.807) is 0 Å². The van der Waals surface area contributed by atoms with E-state index >= 15 is 0 Å². The van der Waals surface area contributed by atoms with Gasteiger partial charge in [-0.1, -0.05) is 0 Å². The minimum absolute atomic E-state index is 0.0794. The van der Waals surface area contributed by atoms with Gasteiger partial charge in [0.25, 0.3) is 0 Å². The van der Waals surface area contributed by atoms with Gasteiger partial charge in [-0.15, -0.1) is 0 Å². The molecule has 0 spiro atoms. The molecule has 1 aliphatic carbocycles. The molecule has 0 heterocycles. The maximum atomic E-state index is 12.9. The van der Waals surface area contributed by atoms with E-state index in [1.165, 1.54) is 0 Å². The maximum absolute atomic E-state index is 12.9. The van der Waals surface area contributed by atoms with E-state index < -0.39 is 29.6 Å². The van der Waals surface area contributed by atoms with Gasteiger partial charge in [0, 0.05) is 0 Å². The third-order valence-corrected chi connectivity index (χ3v) is 2.86. The molecular formula is C11H12F3NO. The SMILES string of the molecule is N[C@@H](c1cc(F)c(F)c(F)c1)[C@H](O)C1CC1. The fourth-order valence-electron chi connectivity index (χ4n) is 1.70. The molecule has 3 N–H and O–H groups in total. The average molecular weight is 231 g/mol. The minimum atomic E-state index is -1.52. The summed E-state index contributed by atoms with van der Waals surface area (Å²) in [6.07, 6.45) is 0.895. The van der Waals surface area contributed by atoms with Crippen molar-refractivity contribution in [3.8, 4) is 0 Å². The Kier molecular flexibility index (Phi) is 2.90. The maximum Gasteiger partial charge on any atom is 0.194 e. The highest BCUT2D eigenvalue weighted by Gasteiger charge is 2.34. The van der Waals surface area contributed by atoms with E-state index in [1.807, 2.05) is 0 Å². The third-order valence-electron chi connectivity index (χ3n) is 2.86. The molecule has 0 radical (unpaired) electrons. The Hall–Kier alpha value is -1.07. The van der Waals surface area contributed by atoms with Crippen LogP contribution in [0.3, 0.4) is 0 Å². The van der Waals surface area contributed by atoms with Gasteiger partial charge in [0.15, 0.2) is 17.5 Å². The molecule has 2 atom stereocenters. The summed E-state index contributed by atoms with van der Waals surface area (Å²) >= 11 is 0. The van der Waals surface area contributed by atoms with Gasteiger partial charge in [-0.25, -0.2) is 13.2 Å². The van der Waals surface area contributed by atoms with E-state index in [9.17, 15) is 18.3 Å². The molecule has 1 aromatic carbocycles. The Morgan fingerprint density at radius 1 is 1.19 bits per heavy atom. The second kappa shape index (κ2) is 4.07. The van der Waals surface area contributed by atoms with Crippen molar-refractivity contribution in [1.29, 1.82) is 0 Å². The molecule has 16 heavy (non-hydrogen) atoms. The third kappa shape index (κ3) is 2.05. The Morgan fingerprint density at radius 2 is 1.69 bits per heavy atom. The molecule has 0 bridgehead atoms. The van der Waals surface area contributed by atoms with Gasteiger partial charge < -0.3 is 10.8 Å². The standard InChI is InChI=1S/C11H12F3NO/c12-7-3-6(4-8(13)9(7)14)10(15)11(16)5-1-2-5/h3-5,10-11,16H,1-2,15H2/t10-,11+/m0/s1. The summed E-state index contributed by atoms with van der Waals surface area (Å²) in [6, 6.07) is 0.778. The fraction of sp³-hybridized carbons (Fsp3) is 0.455. The van der Waals surface area contributed by atoms with E-state index in [4.69, 9.17) is 5.73 Å². The molecule has 88 valence electrons. The predicted octanol–water partition coefficient (Wildman–Crippen LogP) is 1.87. The van der Waals surface area contributed by atoms with Crippen LogP contribution >= 0.6 is 0 Å². The van der Waals surface area contributed by atoms with Gasteiger partial charge in [0.05, 0.1) is 12.1 Å². The molecule has 0 saturated heterocycles. The van der Waals surface area contributed by atoms with Crippen molar-refractivity contribution in [1.82, 2.24) is 0 Å². The molecule has 0 aromatic heterocycles. The van der Waals surface area contributed by atoms with Crippen LogP contribution in [0.2, 0.25) is 0 Å². The van der Waals surface area contributed by atoms with E-state index in [0.717, 1.165) is 25.0 Å². The first-order valence-corrected chi connectivity index (χ1v) is 5.09. The molecule has 0 aliphatic heterocycles.